The number of fused-ring (bicyclic) bond motifs is 5. The Labute approximate surface area is 279 Å². The number of hydrogen-bond acceptors (Lipinski definition) is 9. The summed E-state index contributed by atoms with van der Waals surface area (Å²) in [6.07, 6.45) is 5.02. The number of allylic oxidation sites excluding steroid dienone is 3. The summed E-state index contributed by atoms with van der Waals surface area (Å²) in [5.74, 6) is -1.05. The summed E-state index contributed by atoms with van der Waals surface area (Å²) >= 11 is 9.29. The van der Waals surface area contributed by atoms with E-state index in [-0.39, 0.29) is 24.5 Å². The van der Waals surface area contributed by atoms with Crippen molar-refractivity contribution in [2.75, 3.05) is 24.5 Å². The predicted octanol–water partition coefficient (Wildman–Crippen LogP) is 4.46. The van der Waals surface area contributed by atoms with Gasteiger partial charge < -0.3 is 9.64 Å². The van der Waals surface area contributed by atoms with Crippen LogP contribution in [0.1, 0.15) is 31.7 Å². The van der Waals surface area contributed by atoms with Gasteiger partial charge in [-0.1, -0.05) is 67.2 Å². The van der Waals surface area contributed by atoms with E-state index in [0.29, 0.717) is 35.4 Å². The molecule has 0 unspecified atom stereocenters. The molecule has 0 spiro atoms. The van der Waals surface area contributed by atoms with E-state index in [9.17, 15) is 18.0 Å². The van der Waals surface area contributed by atoms with Gasteiger partial charge in [0.15, 0.2) is 4.87 Å². The van der Waals surface area contributed by atoms with Crippen LogP contribution in [0.3, 0.4) is 0 Å². The van der Waals surface area contributed by atoms with E-state index in [0.717, 1.165) is 4.90 Å². The quantitative estimate of drug-likeness (QED) is 0.0464. The zero-order valence-corrected chi connectivity index (χ0v) is 28.0. The lowest BCUT2D eigenvalue weighted by atomic mass is 9.71. The Morgan fingerprint density at radius 1 is 1.15 bits per heavy atom. The molecule has 2 aromatic rings. The molecule has 46 heavy (non-hydrogen) atoms. The van der Waals surface area contributed by atoms with E-state index < -0.39 is 43.3 Å². The van der Waals surface area contributed by atoms with Gasteiger partial charge in [-0.25, -0.2) is 12.7 Å². The molecule has 3 aliphatic heterocycles. The maximum Gasteiger partial charge on any atom is 0.277 e. The number of sulfonamides is 1. The molecular formula is C31H35N7O5S3. The second-order valence-electron chi connectivity index (χ2n) is 11.3. The van der Waals surface area contributed by atoms with Crippen LogP contribution in [0.5, 0.6) is 0 Å². The molecule has 3 aliphatic rings. The van der Waals surface area contributed by atoms with Crippen LogP contribution in [-0.4, -0.2) is 66.3 Å². The van der Waals surface area contributed by atoms with Crippen molar-refractivity contribution in [3.05, 3.63) is 107 Å². The minimum atomic E-state index is -4.33. The van der Waals surface area contributed by atoms with Crippen LogP contribution in [0.15, 0.2) is 101 Å². The number of nitrogens with two attached hydrogens (primary N) is 1. The van der Waals surface area contributed by atoms with Crippen LogP contribution in [0.4, 0.5) is 5.69 Å². The highest BCUT2D eigenvalue weighted by Crippen LogP contribution is 2.64. The maximum atomic E-state index is 14.6. The maximum absolute atomic E-state index is 14.6. The van der Waals surface area contributed by atoms with E-state index in [2.05, 4.69) is 29.2 Å². The van der Waals surface area contributed by atoms with Gasteiger partial charge in [-0.05, 0) is 53.8 Å². The Hall–Kier alpha value is -3.88. The number of carbonyl (C=O) groups excluding carboxylic acids is 2. The second-order valence-corrected chi connectivity index (χ2v) is 14.5. The van der Waals surface area contributed by atoms with Gasteiger partial charge in [-0.3, -0.25) is 20.2 Å². The lowest BCUT2D eigenvalue weighted by molar-refractivity contribution is -0.163. The van der Waals surface area contributed by atoms with Gasteiger partial charge in [0.2, 0.25) is 4.99 Å². The number of benzene rings is 2. The minimum absolute atomic E-state index is 0.00845. The monoisotopic (exact) mass is 681 g/mol. The Balaban J connectivity index is 1.74. The van der Waals surface area contributed by atoms with Crippen molar-refractivity contribution in [1.82, 2.24) is 9.80 Å². The van der Waals surface area contributed by atoms with Gasteiger partial charge in [-0.2, -0.15) is 0 Å². The van der Waals surface area contributed by atoms with Crippen molar-refractivity contribution in [2.24, 2.45) is 10.8 Å². The molecule has 15 heteroatoms. The predicted molar refractivity (Wildman–Crippen MR) is 181 cm³/mol. The first kappa shape index (κ1) is 33.5. The Morgan fingerprint density at radius 2 is 1.83 bits per heavy atom. The fraction of sp³-hybridized carbons (Fsp3) is 0.355. The summed E-state index contributed by atoms with van der Waals surface area (Å²) < 4.78 is 36.2. The molecule has 0 aromatic heterocycles. The van der Waals surface area contributed by atoms with Gasteiger partial charge >= 0.3 is 0 Å². The SMILES string of the molecule is C=C(/C=C\C(=C/CC)[C@]12C[C@]3(S)C(=O)N(C)[C@@](N)(S)C(=O)N3[C@H]1N(S(=O)(=O)c1ccccc1)c1ccccc12)OCCCN=[N+]=[N-]. The van der Waals surface area contributed by atoms with E-state index >= 15 is 0 Å². The summed E-state index contributed by atoms with van der Waals surface area (Å²) in [6.45, 7) is 6.44. The fourth-order valence-electron chi connectivity index (χ4n) is 6.51. The van der Waals surface area contributed by atoms with Gasteiger partial charge in [-0.15, -0.1) is 25.3 Å². The number of rotatable bonds is 11. The molecule has 3 heterocycles. The van der Waals surface area contributed by atoms with Crippen molar-refractivity contribution in [3.8, 4) is 0 Å². The molecular weight excluding hydrogens is 647 g/mol. The van der Waals surface area contributed by atoms with Crippen molar-refractivity contribution >= 4 is 52.8 Å². The van der Waals surface area contributed by atoms with Gasteiger partial charge in [0.05, 0.1) is 22.6 Å². The number of ether oxygens (including phenoxy) is 1. The van der Waals surface area contributed by atoms with E-state index in [4.69, 9.17) is 28.6 Å². The Kier molecular flexibility index (Phi) is 9.01. The second kappa shape index (κ2) is 12.4. The zero-order valence-electron chi connectivity index (χ0n) is 25.4. The lowest BCUT2D eigenvalue weighted by Gasteiger charge is -2.51. The number of anilines is 1. The van der Waals surface area contributed by atoms with Crippen LogP contribution < -0.4 is 10.0 Å². The summed E-state index contributed by atoms with van der Waals surface area (Å²) in [5.41, 5.74) is 15.2. The largest absolute Gasteiger partial charge is 0.494 e. The van der Waals surface area contributed by atoms with Crippen molar-refractivity contribution in [2.45, 2.75) is 52.5 Å². The Morgan fingerprint density at radius 3 is 2.50 bits per heavy atom. The third-order valence-corrected chi connectivity index (χ3v) is 11.4. The van der Waals surface area contributed by atoms with Crippen molar-refractivity contribution < 1.29 is 22.7 Å². The molecule has 242 valence electrons. The number of piperazine rings is 1. The first-order valence-electron chi connectivity index (χ1n) is 14.6. The number of para-hydroxylation sites is 1. The number of amides is 2. The van der Waals surface area contributed by atoms with Gasteiger partial charge in [0.1, 0.15) is 11.9 Å². The average molecular weight is 682 g/mol. The molecule has 2 fully saturated rings. The molecule has 0 bridgehead atoms. The molecule has 4 atom stereocenters. The number of carbonyl (C=O) groups is 2. The topological polar surface area (TPSA) is 162 Å². The third-order valence-electron chi connectivity index (χ3n) is 8.59. The number of likely N-dealkylation sites (N-methyl/N-ethyl adjacent to an activating group) is 1. The van der Waals surface area contributed by atoms with Crippen LogP contribution in [-0.2, 0) is 29.8 Å². The van der Waals surface area contributed by atoms with E-state index in [1.165, 1.54) is 28.4 Å². The molecule has 0 saturated carbocycles. The zero-order chi connectivity index (χ0) is 33.5. The average Bonchev–Trinajstić information content (AvgIpc) is 3.48. The third kappa shape index (κ3) is 5.06. The molecule has 2 N–H and O–H groups in total. The smallest absolute Gasteiger partial charge is 0.277 e. The summed E-state index contributed by atoms with van der Waals surface area (Å²) in [7, 11) is -2.95. The number of azide groups is 1. The van der Waals surface area contributed by atoms with Crippen molar-refractivity contribution in [1.29, 1.82) is 0 Å². The molecule has 5 rings (SSSR count). The highest BCUT2D eigenvalue weighted by molar-refractivity contribution is 7.93. The van der Waals surface area contributed by atoms with Gasteiger partial charge in [0.25, 0.3) is 21.8 Å². The molecule has 0 radical (unpaired) electrons. The van der Waals surface area contributed by atoms with Crippen LogP contribution in [0.25, 0.3) is 10.4 Å². The molecule has 12 nitrogen and oxygen atoms in total. The summed E-state index contributed by atoms with van der Waals surface area (Å²) in [4.78, 5) is 29.6. The molecule has 2 aromatic carbocycles. The molecule has 2 saturated heterocycles. The number of thiol groups is 2. The molecule has 2 amide bonds. The summed E-state index contributed by atoms with van der Waals surface area (Å²) in [5, 5.41) is 3.50. The highest BCUT2D eigenvalue weighted by atomic mass is 32.2. The van der Waals surface area contributed by atoms with Crippen LogP contribution >= 0.6 is 25.3 Å². The first-order valence-corrected chi connectivity index (χ1v) is 16.9. The first-order chi connectivity index (χ1) is 21.8. The van der Waals surface area contributed by atoms with Crippen LogP contribution in [0.2, 0.25) is 0 Å². The Bertz CT molecular complexity index is 1790. The highest BCUT2D eigenvalue weighted by Gasteiger charge is 2.75. The van der Waals surface area contributed by atoms with E-state index in [1.807, 2.05) is 19.1 Å². The normalized spacial score (nSPS) is 27.4. The molecule has 0 aliphatic carbocycles. The fourth-order valence-corrected chi connectivity index (χ4v) is 8.99. The van der Waals surface area contributed by atoms with Crippen molar-refractivity contribution in [3.63, 3.8) is 0 Å². The summed E-state index contributed by atoms with van der Waals surface area (Å²) in [6, 6.07) is 14.9. The number of hydrogen-bond donors (Lipinski definition) is 3. The minimum Gasteiger partial charge on any atom is -0.494 e. The standard InChI is InChI=1S/C31H35N7O5S3/c1-4-11-22(17-16-21(2)43-19-10-18-34-35-33)29-20-30(44)27(39)36(3)31(32,45)28(40)37(30)26(29)38(25-15-9-8-14-24(25)29)46(41,42)23-12-6-5-7-13-23/h5-9,11-17,26,44-45H,2,4,10,18-20,32H2,1,3H3/b17-16-,22-11+/t26-,29-,30-,31+/m0/s1. The number of nitrogens with zero attached hydrogens (tertiary/aromatic N) is 6. The van der Waals surface area contributed by atoms with E-state index in [1.54, 1.807) is 48.6 Å². The lowest BCUT2D eigenvalue weighted by Crippen LogP contribution is -2.76. The van der Waals surface area contributed by atoms with Crippen LogP contribution in [0, 0.1) is 0 Å². The van der Waals surface area contributed by atoms with Gasteiger partial charge in [0, 0.05) is 24.9 Å².